The summed E-state index contributed by atoms with van der Waals surface area (Å²) in [4.78, 5) is 15.7. The van der Waals surface area contributed by atoms with Crippen molar-refractivity contribution in [3.8, 4) is 5.75 Å². The molecule has 3 atom stereocenters. The highest BCUT2D eigenvalue weighted by atomic mass is 16.5. The fourth-order valence-corrected chi connectivity index (χ4v) is 5.64. The monoisotopic (exact) mass is 357 g/mol. The highest BCUT2D eigenvalue weighted by Crippen LogP contribution is 2.43. The molecule has 4 heteroatoms. The fraction of sp³-hybridized carbons (Fsp3) is 0.682. The third-order valence-electron chi connectivity index (χ3n) is 6.82. The average molecular weight is 357 g/mol. The third kappa shape index (κ3) is 3.48. The highest BCUT2D eigenvalue weighted by Gasteiger charge is 2.43. The van der Waals surface area contributed by atoms with Crippen molar-refractivity contribution in [2.24, 2.45) is 17.8 Å². The Bertz CT molecular complexity index is 626. The molecule has 0 amide bonds. The van der Waals surface area contributed by atoms with E-state index < -0.39 is 0 Å². The summed E-state index contributed by atoms with van der Waals surface area (Å²) in [5.41, 5.74) is 0.752. The van der Waals surface area contributed by atoms with Gasteiger partial charge in [0.2, 0.25) is 0 Å². The van der Waals surface area contributed by atoms with Crippen LogP contribution in [0.25, 0.3) is 0 Å². The van der Waals surface area contributed by atoms with Gasteiger partial charge in [-0.3, -0.25) is 4.79 Å². The number of benzene rings is 1. The number of likely N-dealkylation sites (tertiary alicyclic amines) is 1. The van der Waals surface area contributed by atoms with Gasteiger partial charge in [0, 0.05) is 30.5 Å². The van der Waals surface area contributed by atoms with Crippen LogP contribution in [0.3, 0.4) is 0 Å². The van der Waals surface area contributed by atoms with Crippen molar-refractivity contribution in [2.75, 3.05) is 20.1 Å². The SMILES string of the molecule is CN1CC2CCCC(C1)C2OC(=O)C(c1ccccc1O)C1CCCC1. The van der Waals surface area contributed by atoms with E-state index >= 15 is 0 Å². The van der Waals surface area contributed by atoms with E-state index in [4.69, 9.17) is 4.74 Å². The smallest absolute Gasteiger partial charge is 0.314 e. The van der Waals surface area contributed by atoms with Crippen molar-refractivity contribution in [3.05, 3.63) is 29.8 Å². The number of hydrogen-bond donors (Lipinski definition) is 1. The van der Waals surface area contributed by atoms with Crippen molar-refractivity contribution in [2.45, 2.75) is 57.0 Å². The topological polar surface area (TPSA) is 49.8 Å². The first-order valence-corrected chi connectivity index (χ1v) is 10.3. The predicted molar refractivity (Wildman–Crippen MR) is 101 cm³/mol. The molecule has 3 aliphatic rings. The first kappa shape index (κ1) is 17.8. The van der Waals surface area contributed by atoms with Crippen LogP contribution in [-0.2, 0) is 9.53 Å². The zero-order valence-corrected chi connectivity index (χ0v) is 15.8. The molecule has 1 saturated heterocycles. The zero-order chi connectivity index (χ0) is 18.1. The lowest BCUT2D eigenvalue weighted by molar-refractivity contribution is -0.166. The first-order chi connectivity index (χ1) is 12.6. The second-order valence-electron chi connectivity index (χ2n) is 8.65. The van der Waals surface area contributed by atoms with E-state index in [1.165, 1.54) is 19.3 Å². The molecular weight excluding hydrogens is 326 g/mol. The number of fused-ring (bicyclic) bond motifs is 2. The fourth-order valence-electron chi connectivity index (χ4n) is 5.64. The van der Waals surface area contributed by atoms with Crippen molar-refractivity contribution in [1.29, 1.82) is 0 Å². The number of carbonyl (C=O) groups is 1. The first-order valence-electron chi connectivity index (χ1n) is 10.3. The van der Waals surface area contributed by atoms with E-state index in [0.29, 0.717) is 17.8 Å². The van der Waals surface area contributed by atoms with Gasteiger partial charge >= 0.3 is 5.97 Å². The van der Waals surface area contributed by atoms with Gasteiger partial charge in [-0.05, 0) is 44.7 Å². The van der Waals surface area contributed by atoms with Crippen molar-refractivity contribution < 1.29 is 14.6 Å². The molecule has 2 saturated carbocycles. The molecule has 1 heterocycles. The lowest BCUT2D eigenvalue weighted by atomic mass is 9.75. The maximum atomic E-state index is 13.3. The molecule has 0 radical (unpaired) electrons. The van der Waals surface area contributed by atoms with Crippen LogP contribution in [0, 0.1) is 17.8 Å². The number of phenols is 1. The summed E-state index contributed by atoms with van der Waals surface area (Å²) >= 11 is 0. The van der Waals surface area contributed by atoms with Gasteiger partial charge in [-0.1, -0.05) is 37.5 Å². The molecule has 4 nitrogen and oxygen atoms in total. The Morgan fingerprint density at radius 3 is 2.38 bits per heavy atom. The number of ether oxygens (including phenoxy) is 1. The standard InChI is InChI=1S/C22H31NO3/c1-23-13-16-9-6-10-17(14-23)21(16)26-22(25)20(15-7-2-3-8-15)18-11-4-5-12-19(18)24/h4-5,11-12,15-17,20-21,24H,2-3,6-10,13-14H2,1H3. The van der Waals surface area contributed by atoms with E-state index in [1.54, 1.807) is 6.07 Å². The molecule has 142 valence electrons. The number of carbonyl (C=O) groups excluding carboxylic acids is 1. The molecule has 2 aliphatic carbocycles. The summed E-state index contributed by atoms with van der Waals surface area (Å²) in [7, 11) is 2.17. The minimum atomic E-state index is -0.320. The summed E-state index contributed by atoms with van der Waals surface area (Å²) in [6, 6.07) is 7.32. The van der Waals surface area contributed by atoms with E-state index in [0.717, 1.165) is 44.3 Å². The molecule has 0 spiro atoms. The molecule has 1 aliphatic heterocycles. The Hall–Kier alpha value is -1.55. The number of aromatic hydroxyl groups is 1. The Morgan fingerprint density at radius 2 is 1.73 bits per heavy atom. The van der Waals surface area contributed by atoms with Crippen LogP contribution in [0.15, 0.2) is 24.3 Å². The number of para-hydroxylation sites is 1. The van der Waals surface area contributed by atoms with E-state index in [1.807, 2.05) is 18.2 Å². The van der Waals surface area contributed by atoms with E-state index in [9.17, 15) is 9.90 Å². The lowest BCUT2D eigenvalue weighted by Crippen LogP contribution is -2.52. The van der Waals surface area contributed by atoms with Crippen LogP contribution in [0.5, 0.6) is 5.75 Å². The van der Waals surface area contributed by atoms with Crippen molar-refractivity contribution >= 4 is 5.97 Å². The Balaban J connectivity index is 1.56. The van der Waals surface area contributed by atoms with Crippen molar-refractivity contribution in [1.82, 2.24) is 4.90 Å². The number of phenolic OH excluding ortho intramolecular Hbond substituents is 1. The summed E-state index contributed by atoms with van der Waals surface area (Å²) in [6.07, 6.45) is 8.06. The molecule has 26 heavy (non-hydrogen) atoms. The van der Waals surface area contributed by atoms with Crippen LogP contribution < -0.4 is 0 Å². The van der Waals surface area contributed by atoms with Gasteiger partial charge in [-0.25, -0.2) is 0 Å². The largest absolute Gasteiger partial charge is 0.508 e. The normalized spacial score (nSPS) is 30.9. The van der Waals surface area contributed by atoms with Gasteiger partial charge in [0.15, 0.2) is 0 Å². The summed E-state index contributed by atoms with van der Waals surface area (Å²) in [5, 5.41) is 10.4. The van der Waals surface area contributed by atoms with E-state index in [-0.39, 0.29) is 23.7 Å². The zero-order valence-electron chi connectivity index (χ0n) is 15.8. The van der Waals surface area contributed by atoms with Gasteiger partial charge in [0.05, 0.1) is 5.92 Å². The number of nitrogens with zero attached hydrogens (tertiary/aromatic N) is 1. The third-order valence-corrected chi connectivity index (χ3v) is 6.82. The molecule has 0 aromatic heterocycles. The molecule has 1 N–H and O–H groups in total. The van der Waals surface area contributed by atoms with Gasteiger partial charge in [-0.15, -0.1) is 0 Å². The molecule has 3 fully saturated rings. The van der Waals surface area contributed by atoms with Gasteiger partial charge in [-0.2, -0.15) is 0 Å². The van der Waals surface area contributed by atoms with Crippen LogP contribution >= 0.6 is 0 Å². The van der Waals surface area contributed by atoms with Crippen LogP contribution in [0.4, 0.5) is 0 Å². The minimum Gasteiger partial charge on any atom is -0.508 e. The van der Waals surface area contributed by atoms with Crippen LogP contribution in [0.1, 0.15) is 56.4 Å². The Labute approximate surface area is 156 Å². The molecule has 1 aromatic rings. The van der Waals surface area contributed by atoms with Gasteiger partial charge < -0.3 is 14.7 Å². The molecular formula is C22H31NO3. The van der Waals surface area contributed by atoms with Gasteiger partial charge in [0.25, 0.3) is 0 Å². The average Bonchev–Trinajstić information content (AvgIpc) is 3.12. The predicted octanol–water partition coefficient (Wildman–Crippen LogP) is 3.94. The highest BCUT2D eigenvalue weighted by molar-refractivity contribution is 5.80. The molecule has 4 rings (SSSR count). The van der Waals surface area contributed by atoms with Gasteiger partial charge in [0.1, 0.15) is 11.9 Å². The molecule has 2 bridgehead atoms. The second-order valence-corrected chi connectivity index (χ2v) is 8.65. The number of esters is 1. The summed E-state index contributed by atoms with van der Waals surface area (Å²) < 4.78 is 6.21. The molecule has 1 aromatic carbocycles. The summed E-state index contributed by atoms with van der Waals surface area (Å²) in [6.45, 7) is 2.05. The summed E-state index contributed by atoms with van der Waals surface area (Å²) in [5.74, 6) is 1.02. The maximum absolute atomic E-state index is 13.3. The van der Waals surface area contributed by atoms with E-state index in [2.05, 4.69) is 11.9 Å². The van der Waals surface area contributed by atoms with Crippen LogP contribution in [-0.4, -0.2) is 42.2 Å². The Kier molecular flexibility index (Phi) is 5.21. The van der Waals surface area contributed by atoms with Crippen LogP contribution in [0.2, 0.25) is 0 Å². The Morgan fingerprint density at radius 1 is 1.08 bits per heavy atom. The number of rotatable bonds is 4. The minimum absolute atomic E-state index is 0.0576. The number of piperidine rings is 1. The number of hydrogen-bond acceptors (Lipinski definition) is 4. The quantitative estimate of drug-likeness (QED) is 0.829. The maximum Gasteiger partial charge on any atom is 0.314 e. The molecule has 3 unspecified atom stereocenters. The second kappa shape index (κ2) is 7.59. The lowest BCUT2D eigenvalue weighted by Gasteiger charge is -2.46. The van der Waals surface area contributed by atoms with Crippen molar-refractivity contribution in [3.63, 3.8) is 0 Å².